The first-order chi connectivity index (χ1) is 21.2. The highest BCUT2D eigenvalue weighted by molar-refractivity contribution is 5.94. The van der Waals surface area contributed by atoms with Gasteiger partial charge in [-0.25, -0.2) is 0 Å². The Kier molecular flexibility index (Phi) is 19.7. The Morgan fingerprint density at radius 3 is 1.49 bits per heavy atom. The van der Waals surface area contributed by atoms with Crippen LogP contribution >= 0.6 is 0 Å². The van der Waals surface area contributed by atoms with Crippen molar-refractivity contribution in [2.45, 2.75) is 84.9 Å². The van der Waals surface area contributed by atoms with E-state index in [0.717, 1.165) is 5.56 Å². The molecule has 0 spiro atoms. The lowest BCUT2D eigenvalue weighted by Crippen LogP contribution is -2.43. The average molecular weight is 637 g/mol. The van der Waals surface area contributed by atoms with Crippen molar-refractivity contribution in [1.82, 2.24) is 10.6 Å². The SMILES string of the molecule is CCC(=O)N[C@H](CC(=O)O)C(=O)C[C@@H](C)C(=O)OC.CCC(=O)N[C@H](CC(=O)OCc1ccccc1)C(=O)C[C@@H](C)C(=O)OC. The molecule has 1 aromatic carbocycles. The molecule has 0 aliphatic carbocycles. The Morgan fingerprint density at radius 1 is 0.689 bits per heavy atom. The number of ether oxygens (including phenoxy) is 3. The van der Waals surface area contributed by atoms with Crippen LogP contribution in [0.1, 0.15) is 71.8 Å². The van der Waals surface area contributed by atoms with Crippen molar-refractivity contribution in [2.75, 3.05) is 14.2 Å². The average Bonchev–Trinajstić information content (AvgIpc) is 3.02. The molecule has 0 radical (unpaired) electrons. The smallest absolute Gasteiger partial charge is 0.308 e. The van der Waals surface area contributed by atoms with Gasteiger partial charge in [-0.15, -0.1) is 0 Å². The van der Waals surface area contributed by atoms with Crippen molar-refractivity contribution in [2.24, 2.45) is 11.8 Å². The van der Waals surface area contributed by atoms with Crippen LogP contribution in [0.4, 0.5) is 0 Å². The van der Waals surface area contributed by atoms with Crippen LogP contribution in [-0.2, 0) is 59.2 Å². The van der Waals surface area contributed by atoms with Gasteiger partial charge >= 0.3 is 23.9 Å². The number of carboxylic acids is 1. The fraction of sp³-hybridized carbons (Fsp3) is 0.548. The zero-order valence-electron chi connectivity index (χ0n) is 26.6. The number of rotatable bonds is 18. The third-order valence-electron chi connectivity index (χ3n) is 6.30. The number of carbonyl (C=O) groups is 8. The van der Waals surface area contributed by atoms with Crippen LogP contribution in [-0.4, -0.2) is 78.7 Å². The van der Waals surface area contributed by atoms with Gasteiger partial charge in [0.25, 0.3) is 0 Å². The number of Topliss-reactive ketones (excluding diaryl/α,β-unsaturated/α-hetero) is 2. The lowest BCUT2D eigenvalue weighted by Gasteiger charge is -2.18. The topological polar surface area (TPSA) is 209 Å². The summed E-state index contributed by atoms with van der Waals surface area (Å²) in [5.41, 5.74) is 0.820. The van der Waals surface area contributed by atoms with Crippen molar-refractivity contribution < 1.29 is 57.7 Å². The molecule has 0 bridgehead atoms. The number of aliphatic carboxylic acids is 1. The summed E-state index contributed by atoms with van der Waals surface area (Å²) >= 11 is 0. The molecule has 0 aliphatic heterocycles. The summed E-state index contributed by atoms with van der Waals surface area (Å²) in [4.78, 5) is 92.6. The lowest BCUT2D eigenvalue weighted by atomic mass is 9.98. The van der Waals surface area contributed by atoms with Crippen LogP contribution in [0.25, 0.3) is 0 Å². The highest BCUT2D eigenvalue weighted by atomic mass is 16.5. The minimum atomic E-state index is -1.19. The highest BCUT2D eigenvalue weighted by Crippen LogP contribution is 2.11. The van der Waals surface area contributed by atoms with Crippen molar-refractivity contribution >= 4 is 47.3 Å². The largest absolute Gasteiger partial charge is 0.481 e. The number of carbonyl (C=O) groups excluding carboxylic acids is 7. The second-order valence-electron chi connectivity index (χ2n) is 10.1. The molecule has 0 aliphatic rings. The molecule has 14 heteroatoms. The van der Waals surface area contributed by atoms with Crippen LogP contribution in [0.3, 0.4) is 0 Å². The fourth-order valence-corrected chi connectivity index (χ4v) is 3.68. The molecule has 0 saturated carbocycles. The Labute approximate surface area is 262 Å². The third kappa shape index (κ3) is 17.3. The van der Waals surface area contributed by atoms with E-state index >= 15 is 0 Å². The molecule has 14 nitrogen and oxygen atoms in total. The number of benzene rings is 1. The summed E-state index contributed by atoms with van der Waals surface area (Å²) in [6.07, 6.45) is -0.767. The minimum Gasteiger partial charge on any atom is -0.481 e. The van der Waals surface area contributed by atoms with Crippen LogP contribution in [0, 0.1) is 11.8 Å². The molecule has 0 unspecified atom stereocenters. The number of ketones is 2. The van der Waals surface area contributed by atoms with Gasteiger partial charge in [-0.3, -0.25) is 38.4 Å². The summed E-state index contributed by atoms with van der Waals surface area (Å²) in [6, 6.07) is 6.98. The summed E-state index contributed by atoms with van der Waals surface area (Å²) in [6.45, 7) is 6.37. The van der Waals surface area contributed by atoms with E-state index in [4.69, 9.17) is 9.84 Å². The van der Waals surface area contributed by atoms with E-state index in [9.17, 15) is 38.4 Å². The molecule has 250 valence electrons. The number of amides is 2. The summed E-state index contributed by atoms with van der Waals surface area (Å²) in [7, 11) is 2.44. The number of hydrogen-bond donors (Lipinski definition) is 3. The first kappa shape index (κ1) is 40.4. The maximum atomic E-state index is 12.4. The van der Waals surface area contributed by atoms with Gasteiger partial charge < -0.3 is 30.0 Å². The summed E-state index contributed by atoms with van der Waals surface area (Å²) in [5.74, 6) is -5.88. The van der Waals surface area contributed by atoms with Gasteiger partial charge in [-0.2, -0.15) is 0 Å². The zero-order valence-corrected chi connectivity index (χ0v) is 26.6. The number of carboxylic acid groups (broad SMARTS) is 1. The molecular formula is C31H44N2O12. The van der Waals surface area contributed by atoms with E-state index in [1.165, 1.54) is 21.1 Å². The molecule has 0 fully saturated rings. The quantitative estimate of drug-likeness (QED) is 0.156. The molecule has 45 heavy (non-hydrogen) atoms. The predicted molar refractivity (Wildman–Crippen MR) is 159 cm³/mol. The molecule has 2 amide bonds. The standard InChI is InChI=1S/C19H25NO6.C12H19NO6/c1-4-17(22)20-15(16(21)10-13(2)19(24)25-3)11-18(23)26-12-14-8-6-5-7-9-14;1-4-10(15)13-8(6-11(16)17)9(14)5-7(2)12(18)19-3/h5-9,13,15H,4,10-12H2,1-3H3,(H,20,22);7-8H,4-6H2,1-3H3,(H,13,15)(H,16,17)/t13-,15-;7-,8-/m11/s1. The van der Waals surface area contributed by atoms with Crippen LogP contribution in [0.15, 0.2) is 30.3 Å². The third-order valence-corrected chi connectivity index (χ3v) is 6.30. The first-order valence-corrected chi connectivity index (χ1v) is 14.4. The van der Waals surface area contributed by atoms with E-state index in [-0.39, 0.29) is 44.6 Å². The fourth-order valence-electron chi connectivity index (χ4n) is 3.68. The van der Waals surface area contributed by atoms with E-state index in [1.54, 1.807) is 20.8 Å². The first-order valence-electron chi connectivity index (χ1n) is 14.4. The second-order valence-corrected chi connectivity index (χ2v) is 10.1. The molecule has 0 aromatic heterocycles. The van der Waals surface area contributed by atoms with Crippen LogP contribution in [0.2, 0.25) is 0 Å². The Bertz CT molecular complexity index is 1170. The van der Waals surface area contributed by atoms with Gasteiger partial charge in [0, 0.05) is 25.7 Å². The Morgan fingerprint density at radius 2 is 1.11 bits per heavy atom. The minimum absolute atomic E-state index is 0.0842. The second kappa shape index (κ2) is 22.0. The molecule has 1 rings (SSSR count). The predicted octanol–water partition coefficient (Wildman–Crippen LogP) is 1.91. The monoisotopic (exact) mass is 636 g/mol. The highest BCUT2D eigenvalue weighted by Gasteiger charge is 2.28. The van der Waals surface area contributed by atoms with Gasteiger partial charge in [0.2, 0.25) is 11.8 Å². The summed E-state index contributed by atoms with van der Waals surface area (Å²) in [5, 5.41) is 13.6. The molecule has 0 heterocycles. The van der Waals surface area contributed by atoms with Crippen LogP contribution < -0.4 is 10.6 Å². The number of hydrogen-bond acceptors (Lipinski definition) is 11. The lowest BCUT2D eigenvalue weighted by molar-refractivity contribution is -0.148. The van der Waals surface area contributed by atoms with Gasteiger partial charge in [0.1, 0.15) is 6.61 Å². The number of nitrogens with one attached hydrogen (secondary N) is 2. The molecule has 4 atom stereocenters. The van der Waals surface area contributed by atoms with E-state index in [0.29, 0.717) is 0 Å². The Hall–Kier alpha value is -4.62. The van der Waals surface area contributed by atoms with Gasteiger partial charge in [-0.05, 0) is 5.56 Å². The van der Waals surface area contributed by atoms with Crippen molar-refractivity contribution in [1.29, 1.82) is 0 Å². The Balaban J connectivity index is 0.000000907. The van der Waals surface area contributed by atoms with E-state index in [1.807, 2.05) is 30.3 Å². The maximum absolute atomic E-state index is 12.4. The van der Waals surface area contributed by atoms with Gasteiger partial charge in [-0.1, -0.05) is 58.0 Å². The number of esters is 3. The van der Waals surface area contributed by atoms with E-state index < -0.39 is 71.7 Å². The van der Waals surface area contributed by atoms with Gasteiger partial charge in [0.15, 0.2) is 11.6 Å². The normalized spacial score (nSPS) is 12.8. The van der Waals surface area contributed by atoms with Crippen LogP contribution in [0.5, 0.6) is 0 Å². The van der Waals surface area contributed by atoms with Crippen molar-refractivity contribution in [3.8, 4) is 0 Å². The molecule has 1 aromatic rings. The van der Waals surface area contributed by atoms with E-state index in [2.05, 4.69) is 20.1 Å². The number of methoxy groups -OCH3 is 2. The summed E-state index contributed by atoms with van der Waals surface area (Å²) < 4.78 is 14.2. The van der Waals surface area contributed by atoms with Gasteiger partial charge in [0.05, 0.1) is 51.0 Å². The maximum Gasteiger partial charge on any atom is 0.308 e. The van der Waals surface area contributed by atoms with Crippen molar-refractivity contribution in [3.63, 3.8) is 0 Å². The van der Waals surface area contributed by atoms with Crippen molar-refractivity contribution in [3.05, 3.63) is 35.9 Å². The molecule has 3 N–H and O–H groups in total. The molecule has 0 saturated heterocycles. The molecular weight excluding hydrogens is 592 g/mol. The zero-order chi connectivity index (χ0) is 34.5.